The number of hydrogen-bond donors (Lipinski definition) is 0. The summed E-state index contributed by atoms with van der Waals surface area (Å²) in [5.74, 6) is 0. The highest BCUT2D eigenvalue weighted by Gasteiger charge is 2.29. The van der Waals surface area contributed by atoms with Crippen LogP contribution in [0.15, 0.2) is 29.2 Å². The molecule has 0 spiro atoms. The molecule has 0 aliphatic heterocycles. The first-order chi connectivity index (χ1) is 7.91. The van der Waals surface area contributed by atoms with Crippen LogP contribution in [-0.2, 0) is 9.84 Å². The number of benzene rings is 1. The summed E-state index contributed by atoms with van der Waals surface area (Å²) in [5, 5.41) is 10.2. The Bertz CT molecular complexity index is 510. The second kappa shape index (κ2) is 5.27. The normalized spacial score (nSPS) is 13.3. The van der Waals surface area contributed by atoms with Crippen LogP contribution in [0, 0.1) is 10.1 Å². The lowest BCUT2D eigenvalue weighted by molar-refractivity contribution is -0.387. The van der Waals surface area contributed by atoms with Crippen LogP contribution >= 0.6 is 0 Å². The molecule has 0 heterocycles. The van der Waals surface area contributed by atoms with E-state index in [9.17, 15) is 18.5 Å². The Balaban J connectivity index is 3.29. The lowest BCUT2D eigenvalue weighted by atomic mass is 10.3. The lowest BCUT2D eigenvalue weighted by Crippen LogP contribution is -2.18. The molecule has 0 radical (unpaired) electrons. The number of hydrogen-bond acceptors (Lipinski definition) is 4. The first-order valence-corrected chi connectivity index (χ1v) is 6.93. The van der Waals surface area contributed by atoms with Crippen molar-refractivity contribution in [3.8, 4) is 0 Å². The summed E-state index contributed by atoms with van der Waals surface area (Å²) in [5.41, 5.74) is -0.351. The second-order valence-corrected chi connectivity index (χ2v) is 6.20. The van der Waals surface area contributed by atoms with E-state index in [1.165, 1.54) is 24.3 Å². The molecule has 0 aliphatic rings. The van der Waals surface area contributed by atoms with E-state index >= 15 is 0 Å². The predicted octanol–water partition coefficient (Wildman–Crippen LogP) is 2.56. The van der Waals surface area contributed by atoms with Gasteiger partial charge in [0.2, 0.25) is 0 Å². The highest BCUT2D eigenvalue weighted by atomic mass is 32.2. The average molecular weight is 257 g/mol. The maximum absolute atomic E-state index is 12.1. The Hall–Kier alpha value is -1.43. The minimum Gasteiger partial charge on any atom is -0.258 e. The number of para-hydroxylation sites is 1. The summed E-state index contributed by atoms with van der Waals surface area (Å²) in [6.07, 6.45) is 1.22. The Morgan fingerprint density at radius 3 is 2.47 bits per heavy atom. The van der Waals surface area contributed by atoms with Crippen molar-refractivity contribution in [2.75, 3.05) is 0 Å². The van der Waals surface area contributed by atoms with Crippen LogP contribution in [0.2, 0.25) is 0 Å². The van der Waals surface area contributed by atoms with Gasteiger partial charge in [-0.05, 0) is 19.4 Å². The monoisotopic (exact) mass is 257 g/mol. The molecule has 1 rings (SSSR count). The molecule has 17 heavy (non-hydrogen) atoms. The molecule has 0 saturated carbocycles. The van der Waals surface area contributed by atoms with Gasteiger partial charge in [-0.15, -0.1) is 0 Å². The van der Waals surface area contributed by atoms with Crippen LogP contribution < -0.4 is 0 Å². The third kappa shape index (κ3) is 2.82. The fourth-order valence-corrected chi connectivity index (χ4v) is 3.31. The molecule has 0 fully saturated rings. The number of sulfone groups is 1. The van der Waals surface area contributed by atoms with E-state index in [4.69, 9.17) is 0 Å². The minimum atomic E-state index is -3.62. The van der Waals surface area contributed by atoms with E-state index in [-0.39, 0.29) is 10.6 Å². The van der Waals surface area contributed by atoms with Crippen molar-refractivity contribution in [1.29, 1.82) is 0 Å². The van der Waals surface area contributed by atoms with Gasteiger partial charge in [0.15, 0.2) is 9.84 Å². The quantitative estimate of drug-likeness (QED) is 0.600. The maximum Gasteiger partial charge on any atom is 0.287 e. The van der Waals surface area contributed by atoms with Gasteiger partial charge in [0.25, 0.3) is 5.69 Å². The maximum atomic E-state index is 12.1. The van der Waals surface area contributed by atoms with E-state index in [0.717, 1.165) is 6.42 Å². The van der Waals surface area contributed by atoms with Crippen molar-refractivity contribution in [1.82, 2.24) is 0 Å². The predicted molar refractivity (Wildman–Crippen MR) is 64.7 cm³/mol. The topological polar surface area (TPSA) is 77.3 Å². The second-order valence-electron chi connectivity index (χ2n) is 3.87. The molecule has 0 bridgehead atoms. The Morgan fingerprint density at radius 2 is 1.94 bits per heavy atom. The zero-order valence-corrected chi connectivity index (χ0v) is 10.6. The van der Waals surface area contributed by atoms with Gasteiger partial charge in [-0.25, -0.2) is 8.42 Å². The third-order valence-electron chi connectivity index (χ3n) is 2.59. The summed E-state index contributed by atoms with van der Waals surface area (Å²) < 4.78 is 24.3. The molecule has 1 atom stereocenters. The smallest absolute Gasteiger partial charge is 0.258 e. The van der Waals surface area contributed by atoms with Gasteiger partial charge in [0.05, 0.1) is 10.2 Å². The number of rotatable bonds is 5. The van der Waals surface area contributed by atoms with Crippen molar-refractivity contribution in [3.63, 3.8) is 0 Å². The molecule has 0 aromatic heterocycles. The third-order valence-corrected chi connectivity index (χ3v) is 4.85. The summed E-state index contributed by atoms with van der Waals surface area (Å²) in [6, 6.07) is 5.46. The first-order valence-electron chi connectivity index (χ1n) is 5.38. The Kier molecular flexibility index (Phi) is 4.22. The minimum absolute atomic E-state index is 0.189. The number of nitrogens with zero attached hydrogens (tertiary/aromatic N) is 1. The van der Waals surface area contributed by atoms with Crippen LogP contribution in [0.3, 0.4) is 0 Å². The van der Waals surface area contributed by atoms with Gasteiger partial charge in [-0.2, -0.15) is 0 Å². The van der Waals surface area contributed by atoms with Crippen LogP contribution in [0.4, 0.5) is 5.69 Å². The van der Waals surface area contributed by atoms with Crippen molar-refractivity contribution < 1.29 is 13.3 Å². The summed E-state index contributed by atoms with van der Waals surface area (Å²) >= 11 is 0. The zero-order chi connectivity index (χ0) is 13.1. The van der Waals surface area contributed by atoms with Gasteiger partial charge in [0, 0.05) is 6.07 Å². The molecule has 1 unspecified atom stereocenters. The van der Waals surface area contributed by atoms with Gasteiger partial charge >= 0.3 is 0 Å². The molecule has 1 aromatic rings. The summed E-state index contributed by atoms with van der Waals surface area (Å²) in [4.78, 5) is 9.94. The van der Waals surface area contributed by atoms with E-state index in [1.807, 2.05) is 6.92 Å². The van der Waals surface area contributed by atoms with Crippen LogP contribution in [-0.4, -0.2) is 18.6 Å². The van der Waals surface area contributed by atoms with Gasteiger partial charge in [-0.3, -0.25) is 10.1 Å². The summed E-state index contributed by atoms with van der Waals surface area (Å²) in [6.45, 7) is 3.46. The molecule has 6 heteroatoms. The molecular weight excluding hydrogens is 242 g/mol. The first kappa shape index (κ1) is 13.6. The molecule has 0 aliphatic carbocycles. The van der Waals surface area contributed by atoms with E-state index in [0.29, 0.717) is 6.42 Å². The van der Waals surface area contributed by atoms with Gasteiger partial charge in [0.1, 0.15) is 4.90 Å². The molecule has 0 N–H and O–H groups in total. The summed E-state index contributed by atoms with van der Waals surface area (Å²) in [7, 11) is -3.62. The van der Waals surface area contributed by atoms with E-state index < -0.39 is 20.0 Å². The molecule has 94 valence electrons. The Morgan fingerprint density at radius 1 is 1.35 bits per heavy atom. The number of nitro groups is 1. The highest BCUT2D eigenvalue weighted by Crippen LogP contribution is 2.27. The lowest BCUT2D eigenvalue weighted by Gasteiger charge is -2.11. The average Bonchev–Trinajstić information content (AvgIpc) is 2.29. The van der Waals surface area contributed by atoms with Crippen LogP contribution in [0.1, 0.15) is 26.7 Å². The molecular formula is C11H15NO4S. The van der Waals surface area contributed by atoms with E-state index in [2.05, 4.69) is 0 Å². The SMILES string of the molecule is CCCC(C)S(=O)(=O)c1ccccc1[N+](=O)[O-]. The van der Waals surface area contributed by atoms with Crippen LogP contribution in [0.25, 0.3) is 0 Å². The molecule has 1 aromatic carbocycles. The van der Waals surface area contributed by atoms with Crippen LogP contribution in [0.5, 0.6) is 0 Å². The van der Waals surface area contributed by atoms with Crippen molar-refractivity contribution >= 4 is 15.5 Å². The standard InChI is InChI=1S/C11H15NO4S/c1-3-6-9(2)17(15,16)11-8-5-4-7-10(11)12(13)14/h4-5,7-9H,3,6H2,1-2H3. The van der Waals surface area contributed by atoms with E-state index in [1.54, 1.807) is 6.92 Å². The van der Waals surface area contributed by atoms with Crippen molar-refractivity contribution in [2.24, 2.45) is 0 Å². The van der Waals surface area contributed by atoms with Crippen molar-refractivity contribution in [3.05, 3.63) is 34.4 Å². The number of nitro benzene ring substituents is 1. The largest absolute Gasteiger partial charge is 0.287 e. The van der Waals surface area contributed by atoms with Gasteiger partial charge < -0.3 is 0 Å². The molecule has 5 nitrogen and oxygen atoms in total. The van der Waals surface area contributed by atoms with Crippen molar-refractivity contribution in [2.45, 2.75) is 36.8 Å². The fourth-order valence-electron chi connectivity index (χ4n) is 1.63. The molecule has 0 saturated heterocycles. The highest BCUT2D eigenvalue weighted by molar-refractivity contribution is 7.92. The fraction of sp³-hybridized carbons (Fsp3) is 0.455. The molecule has 0 amide bonds. The van der Waals surface area contributed by atoms with Gasteiger partial charge in [-0.1, -0.05) is 25.5 Å². The Labute approximate surface area is 101 Å². The zero-order valence-electron chi connectivity index (χ0n) is 9.79.